The fourth-order valence-corrected chi connectivity index (χ4v) is 3.99. The van der Waals surface area contributed by atoms with Crippen molar-refractivity contribution in [3.05, 3.63) is 71.2 Å². The molecule has 6 heteroatoms. The Morgan fingerprint density at radius 3 is 2.63 bits per heavy atom. The third-order valence-corrected chi connectivity index (χ3v) is 5.71. The van der Waals surface area contributed by atoms with Crippen molar-refractivity contribution in [2.24, 2.45) is 0 Å². The predicted octanol–water partition coefficient (Wildman–Crippen LogP) is 4.24. The van der Waals surface area contributed by atoms with Crippen LogP contribution in [-0.2, 0) is 11.3 Å². The number of ether oxygens (including phenoxy) is 1. The molecule has 1 amide bonds. The van der Waals surface area contributed by atoms with Gasteiger partial charge in [0.05, 0.1) is 13.2 Å². The number of carbonyl (C=O) groups excluding carboxylic acids is 1. The zero-order valence-electron chi connectivity index (χ0n) is 17.4. The number of aryl methyl sites for hydroxylation is 1. The van der Waals surface area contributed by atoms with Gasteiger partial charge in [-0.15, -0.1) is 0 Å². The first-order valence-electron chi connectivity index (χ1n) is 10.4. The first kappa shape index (κ1) is 20.6. The van der Waals surface area contributed by atoms with Gasteiger partial charge in [0.25, 0.3) is 5.91 Å². The monoisotopic (exact) mass is 410 g/mol. The number of benzene rings is 2. The van der Waals surface area contributed by atoms with Crippen molar-refractivity contribution in [1.29, 1.82) is 0 Å². The summed E-state index contributed by atoms with van der Waals surface area (Å²) >= 11 is 0. The Labute approximate surface area is 176 Å². The van der Waals surface area contributed by atoms with Crippen LogP contribution in [0.1, 0.15) is 28.6 Å². The molecular weight excluding hydrogens is 383 g/mol. The fourth-order valence-electron chi connectivity index (χ4n) is 3.99. The maximum absolute atomic E-state index is 13.7. The summed E-state index contributed by atoms with van der Waals surface area (Å²) in [5, 5.41) is 0.638. The van der Waals surface area contributed by atoms with Gasteiger partial charge in [0.1, 0.15) is 11.4 Å². The molecule has 0 bridgehead atoms. The van der Waals surface area contributed by atoms with Crippen molar-refractivity contribution >= 4 is 16.9 Å². The van der Waals surface area contributed by atoms with Gasteiger partial charge < -0.3 is 14.1 Å². The van der Waals surface area contributed by atoms with Crippen LogP contribution in [-0.4, -0.2) is 54.6 Å². The molecule has 30 heavy (non-hydrogen) atoms. The molecule has 2 heterocycles. The minimum absolute atomic E-state index is 0.0276. The zero-order valence-corrected chi connectivity index (χ0v) is 17.4. The molecule has 2 aromatic carbocycles. The Bertz CT molecular complexity index is 1010. The van der Waals surface area contributed by atoms with Gasteiger partial charge in [0, 0.05) is 43.2 Å². The Morgan fingerprint density at radius 1 is 1.17 bits per heavy atom. The topological polar surface area (TPSA) is 45.9 Å². The van der Waals surface area contributed by atoms with E-state index in [1.165, 1.54) is 12.1 Å². The third-order valence-electron chi connectivity index (χ3n) is 5.71. The summed E-state index contributed by atoms with van der Waals surface area (Å²) in [5.41, 5.74) is 2.25. The van der Waals surface area contributed by atoms with Crippen LogP contribution < -0.4 is 0 Å². The van der Waals surface area contributed by atoms with E-state index in [-0.39, 0.29) is 23.5 Å². The van der Waals surface area contributed by atoms with Gasteiger partial charge in [0.2, 0.25) is 0 Å². The largest absolute Gasteiger partial charge is 0.451 e. The van der Waals surface area contributed by atoms with Crippen molar-refractivity contribution < 1.29 is 18.3 Å². The summed E-state index contributed by atoms with van der Waals surface area (Å²) in [7, 11) is 0. The van der Waals surface area contributed by atoms with E-state index < -0.39 is 0 Å². The van der Waals surface area contributed by atoms with E-state index in [0.717, 1.165) is 25.2 Å². The van der Waals surface area contributed by atoms with Gasteiger partial charge in [-0.2, -0.15) is 0 Å². The molecule has 3 aromatic rings. The lowest BCUT2D eigenvalue weighted by atomic mass is 10.1. The van der Waals surface area contributed by atoms with Crippen LogP contribution in [0.5, 0.6) is 0 Å². The number of halogens is 1. The summed E-state index contributed by atoms with van der Waals surface area (Å²) in [6.45, 7) is 8.27. The molecule has 1 saturated heterocycles. The standard InChI is InChI=1S/C24H27FN2O3/c1-17(15-26-10-12-29-13-11-26)27(16-19-6-4-3-5-7-19)24(28)23-18(2)21-14-20(25)8-9-22(21)30-23/h3-9,14,17H,10-13,15-16H2,1-2H3. The SMILES string of the molecule is Cc1c(C(=O)N(Cc2ccccc2)C(C)CN2CCOCC2)oc2ccc(F)cc12. The molecule has 1 aliphatic heterocycles. The molecule has 0 saturated carbocycles. The number of morpholine rings is 1. The molecule has 1 aliphatic rings. The highest BCUT2D eigenvalue weighted by Crippen LogP contribution is 2.28. The molecular formula is C24H27FN2O3. The van der Waals surface area contributed by atoms with Crippen molar-refractivity contribution in [3.8, 4) is 0 Å². The highest BCUT2D eigenvalue weighted by molar-refractivity contribution is 5.99. The van der Waals surface area contributed by atoms with Crippen LogP contribution >= 0.6 is 0 Å². The van der Waals surface area contributed by atoms with E-state index in [1.807, 2.05) is 42.2 Å². The summed E-state index contributed by atoms with van der Waals surface area (Å²) in [6, 6.07) is 14.3. The lowest BCUT2D eigenvalue weighted by molar-refractivity contribution is 0.0222. The van der Waals surface area contributed by atoms with E-state index in [4.69, 9.17) is 9.15 Å². The lowest BCUT2D eigenvalue weighted by Gasteiger charge is -2.35. The van der Waals surface area contributed by atoms with Crippen molar-refractivity contribution in [3.63, 3.8) is 0 Å². The van der Waals surface area contributed by atoms with Gasteiger partial charge >= 0.3 is 0 Å². The van der Waals surface area contributed by atoms with E-state index in [9.17, 15) is 9.18 Å². The number of hydrogen-bond donors (Lipinski definition) is 0. The van der Waals surface area contributed by atoms with Gasteiger partial charge in [-0.1, -0.05) is 30.3 Å². The molecule has 158 valence electrons. The van der Waals surface area contributed by atoms with Crippen LogP contribution in [0, 0.1) is 12.7 Å². The van der Waals surface area contributed by atoms with Gasteiger partial charge in [-0.3, -0.25) is 9.69 Å². The summed E-state index contributed by atoms with van der Waals surface area (Å²) < 4.78 is 25.0. The minimum Gasteiger partial charge on any atom is -0.451 e. The van der Waals surface area contributed by atoms with Gasteiger partial charge in [-0.25, -0.2) is 4.39 Å². The normalized spacial score (nSPS) is 16.0. The molecule has 0 N–H and O–H groups in total. The molecule has 1 unspecified atom stereocenters. The first-order chi connectivity index (χ1) is 14.5. The molecule has 1 aromatic heterocycles. The van der Waals surface area contributed by atoms with Crippen LogP contribution in [0.3, 0.4) is 0 Å². The molecule has 0 aliphatic carbocycles. The van der Waals surface area contributed by atoms with E-state index >= 15 is 0 Å². The predicted molar refractivity (Wildman–Crippen MR) is 114 cm³/mol. The number of nitrogens with zero attached hydrogens (tertiary/aromatic N) is 2. The number of hydrogen-bond acceptors (Lipinski definition) is 4. The summed E-state index contributed by atoms with van der Waals surface area (Å²) in [4.78, 5) is 17.8. The minimum atomic E-state index is -0.341. The maximum atomic E-state index is 13.7. The summed E-state index contributed by atoms with van der Waals surface area (Å²) in [5.74, 6) is -0.235. The van der Waals surface area contributed by atoms with Crippen molar-refractivity contribution in [1.82, 2.24) is 9.80 Å². The number of rotatable bonds is 6. The van der Waals surface area contributed by atoms with E-state index in [1.54, 1.807) is 6.07 Å². The quantitative estimate of drug-likeness (QED) is 0.610. The fraction of sp³-hybridized carbons (Fsp3) is 0.375. The highest BCUT2D eigenvalue weighted by atomic mass is 19.1. The Morgan fingerprint density at radius 2 is 1.90 bits per heavy atom. The number of carbonyl (C=O) groups is 1. The number of fused-ring (bicyclic) bond motifs is 1. The smallest absolute Gasteiger partial charge is 0.290 e. The first-order valence-corrected chi connectivity index (χ1v) is 10.4. The Hall–Kier alpha value is -2.70. The van der Waals surface area contributed by atoms with Gasteiger partial charge in [-0.05, 0) is 37.6 Å². The van der Waals surface area contributed by atoms with Crippen LogP contribution in [0.25, 0.3) is 11.0 Å². The number of furan rings is 1. The van der Waals surface area contributed by atoms with E-state index in [2.05, 4.69) is 11.8 Å². The molecule has 0 radical (unpaired) electrons. The van der Waals surface area contributed by atoms with Gasteiger partial charge in [0.15, 0.2) is 5.76 Å². The van der Waals surface area contributed by atoms with Crippen LogP contribution in [0.2, 0.25) is 0 Å². The van der Waals surface area contributed by atoms with Crippen LogP contribution in [0.15, 0.2) is 52.9 Å². The second-order valence-electron chi connectivity index (χ2n) is 7.88. The Balaban J connectivity index is 1.64. The van der Waals surface area contributed by atoms with Crippen molar-refractivity contribution in [2.75, 3.05) is 32.8 Å². The molecule has 4 rings (SSSR count). The zero-order chi connectivity index (χ0) is 21.1. The molecule has 5 nitrogen and oxygen atoms in total. The average Bonchev–Trinajstić information content (AvgIpc) is 3.09. The van der Waals surface area contributed by atoms with E-state index in [0.29, 0.717) is 36.3 Å². The average molecular weight is 410 g/mol. The second-order valence-corrected chi connectivity index (χ2v) is 7.88. The molecule has 1 fully saturated rings. The number of amides is 1. The second kappa shape index (κ2) is 8.98. The van der Waals surface area contributed by atoms with Crippen LogP contribution in [0.4, 0.5) is 4.39 Å². The summed E-state index contributed by atoms with van der Waals surface area (Å²) in [6.07, 6.45) is 0. The lowest BCUT2D eigenvalue weighted by Crippen LogP contribution is -2.48. The maximum Gasteiger partial charge on any atom is 0.290 e. The third kappa shape index (κ3) is 4.40. The molecule has 0 spiro atoms. The van der Waals surface area contributed by atoms with Crippen molar-refractivity contribution in [2.45, 2.75) is 26.4 Å². The highest BCUT2D eigenvalue weighted by Gasteiger charge is 2.28. The molecule has 1 atom stereocenters. The Kier molecular flexibility index (Phi) is 6.16.